The fraction of sp³-hybridized carbons (Fsp3) is 0.500. The Hall–Kier alpha value is -1.55. The second-order valence-electron chi connectivity index (χ2n) is 4.93. The molecule has 0 aliphatic carbocycles. The lowest BCUT2D eigenvalue weighted by molar-refractivity contribution is 0.0368. The monoisotopic (exact) mass is 251 g/mol. The SMILES string of the molecule is CCOc1ccc(C(=O)N(C)CC(C)(C)O)cc1. The van der Waals surface area contributed by atoms with Crippen LogP contribution in [0.25, 0.3) is 0 Å². The van der Waals surface area contributed by atoms with Gasteiger partial charge < -0.3 is 14.7 Å². The molecule has 4 heteroatoms. The van der Waals surface area contributed by atoms with E-state index in [2.05, 4.69) is 0 Å². The van der Waals surface area contributed by atoms with Gasteiger partial charge in [-0.25, -0.2) is 0 Å². The second kappa shape index (κ2) is 5.87. The van der Waals surface area contributed by atoms with E-state index in [4.69, 9.17) is 4.74 Å². The zero-order valence-corrected chi connectivity index (χ0v) is 11.4. The summed E-state index contributed by atoms with van der Waals surface area (Å²) in [6.07, 6.45) is 0. The summed E-state index contributed by atoms with van der Waals surface area (Å²) in [6, 6.07) is 7.01. The van der Waals surface area contributed by atoms with Gasteiger partial charge in [-0.05, 0) is 45.0 Å². The summed E-state index contributed by atoms with van der Waals surface area (Å²) >= 11 is 0. The third-order valence-electron chi connectivity index (χ3n) is 2.38. The zero-order valence-electron chi connectivity index (χ0n) is 11.4. The van der Waals surface area contributed by atoms with Gasteiger partial charge in [-0.15, -0.1) is 0 Å². The third-order valence-corrected chi connectivity index (χ3v) is 2.38. The number of aliphatic hydroxyl groups is 1. The van der Waals surface area contributed by atoms with Gasteiger partial charge in [0.05, 0.1) is 12.2 Å². The van der Waals surface area contributed by atoms with Gasteiger partial charge in [-0.2, -0.15) is 0 Å². The fourth-order valence-corrected chi connectivity index (χ4v) is 1.73. The smallest absolute Gasteiger partial charge is 0.253 e. The molecule has 0 saturated heterocycles. The van der Waals surface area contributed by atoms with Crippen molar-refractivity contribution < 1.29 is 14.6 Å². The van der Waals surface area contributed by atoms with Crippen LogP contribution in [0.2, 0.25) is 0 Å². The number of ether oxygens (including phenoxy) is 1. The van der Waals surface area contributed by atoms with Crippen molar-refractivity contribution in [3.63, 3.8) is 0 Å². The lowest BCUT2D eigenvalue weighted by Crippen LogP contribution is -2.39. The molecule has 0 saturated carbocycles. The molecule has 0 atom stereocenters. The van der Waals surface area contributed by atoms with Crippen molar-refractivity contribution in [2.24, 2.45) is 0 Å². The van der Waals surface area contributed by atoms with E-state index in [0.29, 0.717) is 18.7 Å². The minimum absolute atomic E-state index is 0.111. The fourth-order valence-electron chi connectivity index (χ4n) is 1.73. The summed E-state index contributed by atoms with van der Waals surface area (Å²) < 4.78 is 5.32. The van der Waals surface area contributed by atoms with E-state index in [9.17, 15) is 9.90 Å². The molecule has 0 unspecified atom stereocenters. The molecular formula is C14H21NO3. The van der Waals surface area contributed by atoms with E-state index in [0.717, 1.165) is 5.75 Å². The maximum Gasteiger partial charge on any atom is 0.253 e. The standard InChI is InChI=1S/C14H21NO3/c1-5-18-12-8-6-11(7-9-12)13(16)15(4)10-14(2,3)17/h6-9,17H,5,10H2,1-4H3. The second-order valence-corrected chi connectivity index (χ2v) is 4.93. The minimum Gasteiger partial charge on any atom is -0.494 e. The van der Waals surface area contributed by atoms with Crippen molar-refractivity contribution in [2.75, 3.05) is 20.2 Å². The molecule has 0 aromatic heterocycles. The van der Waals surface area contributed by atoms with Crippen LogP contribution in [0.15, 0.2) is 24.3 Å². The van der Waals surface area contributed by atoms with Crippen molar-refractivity contribution in [3.05, 3.63) is 29.8 Å². The molecule has 0 fully saturated rings. The lowest BCUT2D eigenvalue weighted by atomic mass is 10.1. The predicted molar refractivity (Wildman–Crippen MR) is 70.9 cm³/mol. The summed E-state index contributed by atoms with van der Waals surface area (Å²) in [5.74, 6) is 0.638. The Morgan fingerprint density at radius 3 is 2.33 bits per heavy atom. The van der Waals surface area contributed by atoms with Crippen molar-refractivity contribution in [1.29, 1.82) is 0 Å². The number of rotatable bonds is 5. The molecule has 0 aliphatic rings. The molecule has 1 amide bonds. The molecule has 0 aliphatic heterocycles. The topological polar surface area (TPSA) is 49.8 Å². The summed E-state index contributed by atoms with van der Waals surface area (Å²) in [7, 11) is 1.68. The maximum atomic E-state index is 12.1. The normalized spacial score (nSPS) is 11.2. The Kier molecular flexibility index (Phi) is 4.73. The van der Waals surface area contributed by atoms with Crippen LogP contribution < -0.4 is 4.74 Å². The molecule has 1 aromatic carbocycles. The van der Waals surface area contributed by atoms with Crippen LogP contribution in [0.1, 0.15) is 31.1 Å². The van der Waals surface area contributed by atoms with Crippen LogP contribution >= 0.6 is 0 Å². The Balaban J connectivity index is 2.72. The highest BCUT2D eigenvalue weighted by Crippen LogP contribution is 2.14. The first-order valence-electron chi connectivity index (χ1n) is 6.04. The number of carbonyl (C=O) groups excluding carboxylic acids is 1. The summed E-state index contributed by atoms with van der Waals surface area (Å²) in [6.45, 7) is 6.16. The predicted octanol–water partition coefficient (Wildman–Crippen LogP) is 1.93. The number of hydrogen-bond acceptors (Lipinski definition) is 3. The molecular weight excluding hydrogens is 230 g/mol. The van der Waals surface area contributed by atoms with Crippen molar-refractivity contribution in [3.8, 4) is 5.75 Å². The number of hydrogen-bond donors (Lipinski definition) is 1. The molecule has 1 N–H and O–H groups in total. The molecule has 0 bridgehead atoms. The van der Waals surface area contributed by atoms with E-state index >= 15 is 0 Å². The number of benzene rings is 1. The first-order valence-corrected chi connectivity index (χ1v) is 6.04. The van der Waals surface area contributed by atoms with Crippen LogP contribution in [0.4, 0.5) is 0 Å². The number of likely N-dealkylation sites (N-methyl/N-ethyl adjacent to an activating group) is 1. The minimum atomic E-state index is -0.893. The highest BCUT2D eigenvalue weighted by Gasteiger charge is 2.20. The van der Waals surface area contributed by atoms with Gasteiger partial charge in [0.1, 0.15) is 5.75 Å². The molecule has 100 valence electrons. The quantitative estimate of drug-likeness (QED) is 0.870. The van der Waals surface area contributed by atoms with E-state index < -0.39 is 5.60 Å². The molecule has 18 heavy (non-hydrogen) atoms. The Morgan fingerprint density at radius 1 is 1.33 bits per heavy atom. The maximum absolute atomic E-state index is 12.1. The van der Waals surface area contributed by atoms with Gasteiger partial charge in [0.2, 0.25) is 0 Å². The summed E-state index contributed by atoms with van der Waals surface area (Å²) in [5, 5.41) is 9.68. The van der Waals surface area contributed by atoms with E-state index in [1.54, 1.807) is 45.2 Å². The molecule has 4 nitrogen and oxygen atoms in total. The van der Waals surface area contributed by atoms with E-state index in [-0.39, 0.29) is 5.91 Å². The average Bonchev–Trinajstić information content (AvgIpc) is 2.27. The Morgan fingerprint density at radius 2 is 1.89 bits per heavy atom. The first kappa shape index (κ1) is 14.5. The van der Waals surface area contributed by atoms with Crippen LogP contribution in [0.5, 0.6) is 5.75 Å². The van der Waals surface area contributed by atoms with Crippen molar-refractivity contribution >= 4 is 5.91 Å². The van der Waals surface area contributed by atoms with Gasteiger partial charge in [0.15, 0.2) is 0 Å². The molecule has 0 spiro atoms. The van der Waals surface area contributed by atoms with Crippen LogP contribution in [-0.4, -0.2) is 41.7 Å². The van der Waals surface area contributed by atoms with Crippen LogP contribution in [-0.2, 0) is 0 Å². The lowest BCUT2D eigenvalue weighted by Gasteiger charge is -2.25. The highest BCUT2D eigenvalue weighted by molar-refractivity contribution is 5.94. The summed E-state index contributed by atoms with van der Waals surface area (Å²) in [5.41, 5.74) is -0.305. The van der Waals surface area contributed by atoms with E-state index in [1.165, 1.54) is 4.90 Å². The number of amides is 1. The largest absolute Gasteiger partial charge is 0.494 e. The number of carbonyl (C=O) groups is 1. The highest BCUT2D eigenvalue weighted by atomic mass is 16.5. The third kappa shape index (κ3) is 4.37. The first-order chi connectivity index (χ1) is 8.33. The molecule has 1 aromatic rings. The average molecular weight is 251 g/mol. The summed E-state index contributed by atoms with van der Waals surface area (Å²) in [4.78, 5) is 13.6. The van der Waals surface area contributed by atoms with Gasteiger partial charge in [-0.1, -0.05) is 0 Å². The van der Waals surface area contributed by atoms with Gasteiger partial charge in [0.25, 0.3) is 5.91 Å². The van der Waals surface area contributed by atoms with Crippen LogP contribution in [0.3, 0.4) is 0 Å². The molecule has 0 radical (unpaired) electrons. The Bertz CT molecular complexity index is 392. The van der Waals surface area contributed by atoms with Crippen molar-refractivity contribution in [1.82, 2.24) is 4.90 Å². The van der Waals surface area contributed by atoms with Gasteiger partial charge in [0, 0.05) is 19.2 Å². The number of nitrogens with zero attached hydrogens (tertiary/aromatic N) is 1. The molecule has 0 heterocycles. The zero-order chi connectivity index (χ0) is 13.8. The van der Waals surface area contributed by atoms with E-state index in [1.807, 2.05) is 6.92 Å². The van der Waals surface area contributed by atoms with Crippen LogP contribution in [0, 0.1) is 0 Å². The Labute approximate surface area is 108 Å². The van der Waals surface area contributed by atoms with Gasteiger partial charge in [-0.3, -0.25) is 4.79 Å². The van der Waals surface area contributed by atoms with Crippen molar-refractivity contribution in [2.45, 2.75) is 26.4 Å². The van der Waals surface area contributed by atoms with Gasteiger partial charge >= 0.3 is 0 Å². The molecule has 1 rings (SSSR count).